The number of ether oxygens (including phenoxy) is 1. The molecule has 2 aromatic heterocycles. The fourth-order valence-electron chi connectivity index (χ4n) is 1.59. The Morgan fingerprint density at radius 2 is 2.20 bits per heavy atom. The number of rotatable bonds is 5. The molecule has 2 aromatic rings. The average molecular weight is 275 g/mol. The Labute approximate surface area is 115 Å². The highest BCUT2D eigenvalue weighted by atomic mass is 16.6. The van der Waals surface area contributed by atoms with Gasteiger partial charge in [-0.05, 0) is 26.0 Å². The number of aryl methyl sites for hydroxylation is 1. The number of nitrogens with zero attached hydrogens (tertiary/aromatic N) is 4. The van der Waals surface area contributed by atoms with Crippen LogP contribution in [0.25, 0.3) is 0 Å². The maximum atomic E-state index is 11.2. The number of hydrogen-bond donors (Lipinski definition) is 1. The standard InChI is InChI=1S/C12H13N5O3/c1-3-20-12-10(17(18)19)11(13-7-14-12)16-9-6-4-5-8(2)15-9/h4-7H,3H2,1-2H3,(H,13,14,15,16). The molecule has 0 bridgehead atoms. The van der Waals surface area contributed by atoms with Gasteiger partial charge in [-0.15, -0.1) is 0 Å². The van der Waals surface area contributed by atoms with Crippen molar-refractivity contribution in [1.29, 1.82) is 0 Å². The molecule has 0 spiro atoms. The fraction of sp³-hybridized carbons (Fsp3) is 0.250. The van der Waals surface area contributed by atoms with E-state index >= 15 is 0 Å². The molecule has 0 amide bonds. The van der Waals surface area contributed by atoms with Crippen LogP contribution in [-0.2, 0) is 0 Å². The molecule has 0 atom stereocenters. The molecule has 0 aliphatic heterocycles. The zero-order chi connectivity index (χ0) is 14.5. The van der Waals surface area contributed by atoms with Gasteiger partial charge in [0.2, 0.25) is 5.82 Å². The number of aromatic nitrogens is 3. The van der Waals surface area contributed by atoms with Crippen LogP contribution in [0.3, 0.4) is 0 Å². The summed E-state index contributed by atoms with van der Waals surface area (Å²) >= 11 is 0. The van der Waals surface area contributed by atoms with E-state index < -0.39 is 4.92 Å². The summed E-state index contributed by atoms with van der Waals surface area (Å²) in [5.74, 6) is 0.448. The van der Waals surface area contributed by atoms with E-state index in [4.69, 9.17) is 4.74 Å². The zero-order valence-corrected chi connectivity index (χ0v) is 11.0. The lowest BCUT2D eigenvalue weighted by Crippen LogP contribution is -2.06. The van der Waals surface area contributed by atoms with Crippen LogP contribution in [0.1, 0.15) is 12.6 Å². The fourth-order valence-corrected chi connectivity index (χ4v) is 1.59. The number of nitro groups is 1. The van der Waals surface area contributed by atoms with Crippen molar-refractivity contribution in [3.63, 3.8) is 0 Å². The van der Waals surface area contributed by atoms with Crippen LogP contribution in [0.15, 0.2) is 24.5 Å². The van der Waals surface area contributed by atoms with Crippen molar-refractivity contribution >= 4 is 17.3 Å². The Morgan fingerprint density at radius 1 is 1.40 bits per heavy atom. The van der Waals surface area contributed by atoms with Crippen LogP contribution in [-0.4, -0.2) is 26.5 Å². The lowest BCUT2D eigenvalue weighted by atomic mass is 10.3. The van der Waals surface area contributed by atoms with Crippen LogP contribution in [0, 0.1) is 17.0 Å². The van der Waals surface area contributed by atoms with Crippen molar-refractivity contribution in [2.24, 2.45) is 0 Å². The second-order valence-corrected chi connectivity index (χ2v) is 3.86. The summed E-state index contributed by atoms with van der Waals surface area (Å²) in [5.41, 5.74) is 0.481. The summed E-state index contributed by atoms with van der Waals surface area (Å²) in [6, 6.07) is 5.31. The van der Waals surface area contributed by atoms with Crippen molar-refractivity contribution in [2.75, 3.05) is 11.9 Å². The van der Waals surface area contributed by atoms with Crippen molar-refractivity contribution in [1.82, 2.24) is 15.0 Å². The minimum atomic E-state index is -0.580. The molecular weight excluding hydrogens is 262 g/mol. The molecule has 2 heterocycles. The van der Waals surface area contributed by atoms with E-state index in [-0.39, 0.29) is 24.0 Å². The SMILES string of the molecule is CCOc1ncnc(Nc2cccc(C)n2)c1[N+](=O)[O-]. The highest BCUT2D eigenvalue weighted by Crippen LogP contribution is 2.32. The lowest BCUT2D eigenvalue weighted by molar-refractivity contribution is -0.385. The van der Waals surface area contributed by atoms with Gasteiger partial charge in [0.1, 0.15) is 12.1 Å². The van der Waals surface area contributed by atoms with Gasteiger partial charge in [-0.3, -0.25) is 10.1 Å². The van der Waals surface area contributed by atoms with E-state index in [1.54, 1.807) is 19.1 Å². The van der Waals surface area contributed by atoms with Gasteiger partial charge in [-0.1, -0.05) is 6.07 Å². The van der Waals surface area contributed by atoms with Crippen LogP contribution in [0.2, 0.25) is 0 Å². The normalized spacial score (nSPS) is 10.1. The molecule has 20 heavy (non-hydrogen) atoms. The van der Waals surface area contributed by atoms with Crippen molar-refractivity contribution in [3.05, 3.63) is 40.3 Å². The molecule has 104 valence electrons. The van der Waals surface area contributed by atoms with Crippen molar-refractivity contribution in [3.8, 4) is 5.88 Å². The van der Waals surface area contributed by atoms with Gasteiger partial charge in [0, 0.05) is 5.69 Å². The molecular formula is C12H13N5O3. The van der Waals surface area contributed by atoms with Gasteiger partial charge in [-0.2, -0.15) is 4.98 Å². The van der Waals surface area contributed by atoms with Crippen LogP contribution in [0.4, 0.5) is 17.3 Å². The van der Waals surface area contributed by atoms with Crippen LogP contribution in [0.5, 0.6) is 5.88 Å². The Bertz CT molecular complexity index is 632. The number of hydrogen-bond acceptors (Lipinski definition) is 7. The quantitative estimate of drug-likeness (QED) is 0.659. The highest BCUT2D eigenvalue weighted by Gasteiger charge is 2.24. The van der Waals surface area contributed by atoms with Crippen molar-refractivity contribution in [2.45, 2.75) is 13.8 Å². The number of nitrogens with one attached hydrogen (secondary N) is 1. The second kappa shape index (κ2) is 5.91. The monoisotopic (exact) mass is 275 g/mol. The summed E-state index contributed by atoms with van der Waals surface area (Å²) in [4.78, 5) is 22.4. The summed E-state index contributed by atoms with van der Waals surface area (Å²) < 4.78 is 5.15. The molecule has 8 nitrogen and oxygen atoms in total. The van der Waals surface area contributed by atoms with Gasteiger partial charge >= 0.3 is 5.69 Å². The summed E-state index contributed by atoms with van der Waals surface area (Å²) in [5, 5.41) is 14.0. The first-order chi connectivity index (χ1) is 9.61. The van der Waals surface area contributed by atoms with Gasteiger partial charge < -0.3 is 10.1 Å². The van der Waals surface area contributed by atoms with E-state index in [1.807, 2.05) is 13.0 Å². The van der Waals surface area contributed by atoms with E-state index in [2.05, 4.69) is 20.3 Å². The Kier molecular flexibility index (Phi) is 4.04. The molecule has 0 unspecified atom stereocenters. The minimum absolute atomic E-state index is 0.0477. The third kappa shape index (κ3) is 2.97. The maximum Gasteiger partial charge on any atom is 0.373 e. The second-order valence-electron chi connectivity index (χ2n) is 3.86. The molecule has 1 N–H and O–H groups in total. The van der Waals surface area contributed by atoms with Crippen LogP contribution < -0.4 is 10.1 Å². The third-order valence-electron chi connectivity index (χ3n) is 2.39. The topological polar surface area (TPSA) is 103 Å². The van der Waals surface area contributed by atoms with E-state index in [9.17, 15) is 10.1 Å². The lowest BCUT2D eigenvalue weighted by Gasteiger charge is -2.08. The number of pyridine rings is 1. The molecule has 0 radical (unpaired) electrons. The Hall–Kier alpha value is -2.77. The molecule has 2 rings (SSSR count). The van der Waals surface area contributed by atoms with Gasteiger partial charge in [0.15, 0.2) is 0 Å². The Morgan fingerprint density at radius 3 is 2.85 bits per heavy atom. The first kappa shape index (κ1) is 13.7. The largest absolute Gasteiger partial charge is 0.473 e. The Balaban J connectivity index is 2.40. The first-order valence-corrected chi connectivity index (χ1v) is 5.94. The maximum absolute atomic E-state index is 11.2. The predicted octanol–water partition coefficient (Wildman–Crippen LogP) is 2.23. The summed E-state index contributed by atoms with van der Waals surface area (Å²) in [6.07, 6.45) is 1.20. The average Bonchev–Trinajstić information content (AvgIpc) is 2.39. The molecule has 0 saturated heterocycles. The third-order valence-corrected chi connectivity index (χ3v) is 2.39. The van der Waals surface area contributed by atoms with E-state index in [0.29, 0.717) is 5.82 Å². The number of anilines is 2. The van der Waals surface area contributed by atoms with E-state index in [0.717, 1.165) is 5.69 Å². The smallest absolute Gasteiger partial charge is 0.373 e. The van der Waals surface area contributed by atoms with Crippen LogP contribution >= 0.6 is 0 Å². The molecule has 8 heteroatoms. The predicted molar refractivity (Wildman–Crippen MR) is 72.1 cm³/mol. The molecule has 0 aromatic carbocycles. The zero-order valence-electron chi connectivity index (χ0n) is 11.0. The summed E-state index contributed by atoms with van der Waals surface area (Å²) in [7, 11) is 0. The summed E-state index contributed by atoms with van der Waals surface area (Å²) in [6.45, 7) is 3.83. The molecule has 0 fully saturated rings. The van der Waals surface area contributed by atoms with Crippen molar-refractivity contribution < 1.29 is 9.66 Å². The molecule has 0 saturated carbocycles. The minimum Gasteiger partial charge on any atom is -0.473 e. The highest BCUT2D eigenvalue weighted by molar-refractivity contribution is 5.66. The van der Waals surface area contributed by atoms with E-state index in [1.165, 1.54) is 6.33 Å². The first-order valence-electron chi connectivity index (χ1n) is 5.94. The molecule has 0 aliphatic carbocycles. The molecule has 0 aliphatic rings. The van der Waals surface area contributed by atoms with Gasteiger partial charge in [0.05, 0.1) is 11.5 Å². The van der Waals surface area contributed by atoms with Gasteiger partial charge in [0.25, 0.3) is 5.88 Å². The van der Waals surface area contributed by atoms with Gasteiger partial charge in [-0.25, -0.2) is 9.97 Å².